The molecule has 20 heavy (non-hydrogen) atoms. The first-order chi connectivity index (χ1) is 9.40. The smallest absolute Gasteiger partial charge is 0.175 e. The predicted octanol–water partition coefficient (Wildman–Crippen LogP) is 3.69. The lowest BCUT2D eigenvalue weighted by Crippen LogP contribution is -2.08. The maximum Gasteiger partial charge on any atom is 0.175 e. The zero-order chi connectivity index (χ0) is 15.3. The molecule has 4 nitrogen and oxygen atoms in total. The van der Waals surface area contributed by atoms with Crippen LogP contribution in [-0.4, -0.2) is 17.5 Å². The van der Waals surface area contributed by atoms with Crippen molar-refractivity contribution in [3.05, 3.63) is 27.7 Å². The molecule has 0 saturated heterocycles. The lowest BCUT2D eigenvalue weighted by Gasteiger charge is -2.09. The minimum absolute atomic E-state index is 0.00214. The molecule has 0 aliphatic rings. The zero-order valence-corrected chi connectivity index (χ0v) is 13.2. The van der Waals surface area contributed by atoms with Crippen molar-refractivity contribution in [1.29, 1.82) is 5.26 Å². The number of aromatic hydroxyl groups is 1. The van der Waals surface area contributed by atoms with E-state index in [-0.39, 0.29) is 23.0 Å². The molecule has 0 amide bonds. The highest BCUT2D eigenvalue weighted by atomic mass is 79.9. The molecule has 0 saturated carbocycles. The molecule has 0 atom stereocenters. The summed E-state index contributed by atoms with van der Waals surface area (Å²) < 4.78 is 5.75. The maximum absolute atomic E-state index is 11.9. The summed E-state index contributed by atoms with van der Waals surface area (Å²) in [5, 5.41) is 18.9. The van der Waals surface area contributed by atoms with E-state index in [9.17, 15) is 9.90 Å². The Labute approximate surface area is 126 Å². The third-order valence-corrected chi connectivity index (χ3v) is 3.18. The van der Waals surface area contributed by atoms with Crippen LogP contribution in [0.2, 0.25) is 0 Å². The minimum atomic E-state index is -0.243. The number of nitriles is 1. The number of hydrogen-bond donors (Lipinski definition) is 1. The van der Waals surface area contributed by atoms with E-state index < -0.39 is 0 Å². The molecule has 0 aliphatic carbocycles. The Morgan fingerprint density at radius 3 is 2.70 bits per heavy atom. The Morgan fingerprint density at radius 2 is 2.20 bits per heavy atom. The molecule has 0 unspecified atom stereocenters. The van der Waals surface area contributed by atoms with Gasteiger partial charge in [0, 0.05) is 5.92 Å². The van der Waals surface area contributed by atoms with Crippen LogP contribution in [0, 0.1) is 17.2 Å². The van der Waals surface area contributed by atoms with Crippen LogP contribution < -0.4 is 4.74 Å². The summed E-state index contributed by atoms with van der Waals surface area (Å²) in [6.45, 7) is 5.69. The van der Waals surface area contributed by atoms with Crippen molar-refractivity contribution in [1.82, 2.24) is 0 Å². The third-order valence-electron chi connectivity index (χ3n) is 2.57. The number of ether oxygens (including phenoxy) is 1. The molecule has 0 fully saturated rings. The highest BCUT2D eigenvalue weighted by Crippen LogP contribution is 2.36. The molecule has 1 aromatic rings. The largest absolute Gasteiger partial charge is 0.503 e. The maximum atomic E-state index is 11.9. The number of carbonyl (C=O) groups excluding carboxylic acids is 1. The Morgan fingerprint density at radius 1 is 1.55 bits per heavy atom. The summed E-state index contributed by atoms with van der Waals surface area (Å²) in [6, 6.07) is 5.13. The van der Waals surface area contributed by atoms with E-state index in [4.69, 9.17) is 10.00 Å². The fraction of sp³-hybridized carbons (Fsp3) is 0.333. The molecule has 1 rings (SSSR count). The van der Waals surface area contributed by atoms with Crippen molar-refractivity contribution in [2.45, 2.75) is 20.8 Å². The molecular weight excluding hydrogens is 322 g/mol. The van der Waals surface area contributed by atoms with E-state index in [1.807, 2.05) is 6.07 Å². The highest BCUT2D eigenvalue weighted by molar-refractivity contribution is 9.10. The number of allylic oxidation sites excluding steroid dienone is 1. The van der Waals surface area contributed by atoms with Crippen LogP contribution in [0.4, 0.5) is 0 Å². The molecule has 0 aromatic heterocycles. The van der Waals surface area contributed by atoms with Crippen LogP contribution in [-0.2, 0) is 4.79 Å². The summed E-state index contributed by atoms with van der Waals surface area (Å²) in [4.78, 5) is 11.9. The molecule has 5 heteroatoms. The van der Waals surface area contributed by atoms with Crippen molar-refractivity contribution < 1.29 is 14.6 Å². The molecule has 0 radical (unpaired) electrons. The van der Waals surface area contributed by atoms with E-state index in [2.05, 4.69) is 15.9 Å². The Bertz CT molecular complexity index is 586. The quantitative estimate of drug-likeness (QED) is 0.657. The topological polar surface area (TPSA) is 70.3 Å². The first-order valence-electron chi connectivity index (χ1n) is 6.22. The molecule has 1 aromatic carbocycles. The fourth-order valence-electron chi connectivity index (χ4n) is 1.58. The average molecular weight is 338 g/mol. The lowest BCUT2D eigenvalue weighted by molar-refractivity contribution is -0.117. The van der Waals surface area contributed by atoms with Crippen molar-refractivity contribution in [3.8, 4) is 17.6 Å². The molecule has 106 valence electrons. The van der Waals surface area contributed by atoms with Gasteiger partial charge in [0.05, 0.1) is 16.7 Å². The van der Waals surface area contributed by atoms with Gasteiger partial charge >= 0.3 is 0 Å². The first-order valence-corrected chi connectivity index (χ1v) is 7.01. The second-order valence-corrected chi connectivity index (χ2v) is 5.33. The van der Waals surface area contributed by atoms with Crippen LogP contribution >= 0.6 is 15.9 Å². The number of phenolic OH excluding ortho intramolecular Hbond substituents is 1. The second kappa shape index (κ2) is 7.11. The van der Waals surface area contributed by atoms with Gasteiger partial charge in [-0.1, -0.05) is 13.8 Å². The second-order valence-electron chi connectivity index (χ2n) is 4.47. The monoisotopic (exact) mass is 337 g/mol. The summed E-state index contributed by atoms with van der Waals surface area (Å²) in [5.74, 6) is -0.150. The van der Waals surface area contributed by atoms with Gasteiger partial charge in [-0.05, 0) is 46.6 Å². The predicted molar refractivity (Wildman–Crippen MR) is 80.4 cm³/mol. The minimum Gasteiger partial charge on any atom is -0.503 e. The fourth-order valence-corrected chi connectivity index (χ4v) is 2.04. The van der Waals surface area contributed by atoms with E-state index >= 15 is 0 Å². The lowest BCUT2D eigenvalue weighted by atomic mass is 10.00. The van der Waals surface area contributed by atoms with Crippen molar-refractivity contribution in [3.63, 3.8) is 0 Å². The van der Waals surface area contributed by atoms with Crippen LogP contribution in [0.1, 0.15) is 26.3 Å². The molecule has 0 heterocycles. The van der Waals surface area contributed by atoms with Crippen molar-refractivity contribution >= 4 is 27.8 Å². The van der Waals surface area contributed by atoms with Gasteiger partial charge in [-0.3, -0.25) is 4.79 Å². The number of ketones is 1. The van der Waals surface area contributed by atoms with Crippen LogP contribution in [0.5, 0.6) is 11.5 Å². The standard InChI is InChI=1S/C15H16BrNO3/c1-4-20-13-7-10(6-12(16)15(13)19)5-11(8-17)14(18)9(2)3/h5-7,9,19H,4H2,1-3H3/b11-5-. The molecule has 0 spiro atoms. The number of rotatable bonds is 5. The van der Waals surface area contributed by atoms with E-state index in [0.29, 0.717) is 22.4 Å². The number of Topliss-reactive ketones (excluding diaryl/α,β-unsaturated/α-hetero) is 1. The summed E-state index contributed by atoms with van der Waals surface area (Å²) in [6.07, 6.45) is 1.50. The highest BCUT2D eigenvalue weighted by Gasteiger charge is 2.14. The number of nitrogens with zero attached hydrogens (tertiary/aromatic N) is 1. The van der Waals surface area contributed by atoms with Gasteiger partial charge in [0.1, 0.15) is 6.07 Å². The number of halogens is 1. The number of benzene rings is 1. The van der Waals surface area contributed by atoms with Gasteiger partial charge in [-0.2, -0.15) is 5.26 Å². The van der Waals surface area contributed by atoms with Crippen molar-refractivity contribution in [2.75, 3.05) is 6.61 Å². The third kappa shape index (κ3) is 3.84. The van der Waals surface area contributed by atoms with Gasteiger partial charge in [0.15, 0.2) is 17.3 Å². The Kier molecular flexibility index (Phi) is 5.78. The molecule has 0 bridgehead atoms. The van der Waals surface area contributed by atoms with E-state index in [1.54, 1.807) is 32.9 Å². The van der Waals surface area contributed by atoms with Crippen LogP contribution in [0.25, 0.3) is 6.08 Å². The SMILES string of the molecule is CCOc1cc(/C=C(/C#N)C(=O)C(C)C)cc(Br)c1O. The van der Waals surface area contributed by atoms with Gasteiger partial charge in [0.25, 0.3) is 0 Å². The van der Waals surface area contributed by atoms with Gasteiger partial charge in [0.2, 0.25) is 0 Å². The Balaban J connectivity index is 3.26. The zero-order valence-electron chi connectivity index (χ0n) is 11.6. The van der Waals surface area contributed by atoms with Crippen LogP contribution in [0.3, 0.4) is 0 Å². The van der Waals surface area contributed by atoms with Gasteiger partial charge in [-0.15, -0.1) is 0 Å². The molecular formula is C15H16BrNO3. The van der Waals surface area contributed by atoms with E-state index in [1.165, 1.54) is 6.08 Å². The molecule has 1 N–H and O–H groups in total. The van der Waals surface area contributed by atoms with E-state index in [0.717, 1.165) is 0 Å². The summed E-state index contributed by atoms with van der Waals surface area (Å²) in [5.41, 5.74) is 0.698. The average Bonchev–Trinajstić information content (AvgIpc) is 2.40. The Hall–Kier alpha value is -1.80. The van der Waals surface area contributed by atoms with Gasteiger partial charge < -0.3 is 9.84 Å². The van der Waals surface area contributed by atoms with Gasteiger partial charge in [-0.25, -0.2) is 0 Å². The summed E-state index contributed by atoms with van der Waals surface area (Å²) in [7, 11) is 0. The normalized spacial score (nSPS) is 11.3. The van der Waals surface area contributed by atoms with Crippen molar-refractivity contribution in [2.24, 2.45) is 5.92 Å². The number of phenols is 1. The van der Waals surface area contributed by atoms with Crippen LogP contribution in [0.15, 0.2) is 22.2 Å². The first kappa shape index (κ1) is 16.3. The number of carbonyl (C=O) groups is 1. The summed E-state index contributed by atoms with van der Waals surface area (Å²) >= 11 is 3.22. The number of hydrogen-bond acceptors (Lipinski definition) is 4. The molecule has 0 aliphatic heterocycles.